The molecule has 132 valence electrons. The second-order valence-corrected chi connectivity index (χ2v) is 6.19. The maximum Gasteiger partial charge on any atom is 0.337 e. The van der Waals surface area contributed by atoms with Crippen molar-refractivity contribution in [3.8, 4) is 0 Å². The van der Waals surface area contributed by atoms with Crippen molar-refractivity contribution in [3.63, 3.8) is 0 Å². The molecule has 7 heteroatoms. The number of hydrogen-bond donors (Lipinski definition) is 1. The van der Waals surface area contributed by atoms with Gasteiger partial charge in [-0.05, 0) is 24.6 Å². The molecule has 2 aliphatic rings. The third-order valence-corrected chi connectivity index (χ3v) is 4.37. The summed E-state index contributed by atoms with van der Waals surface area (Å²) in [5.74, 6) is -1.53. The van der Waals surface area contributed by atoms with Crippen molar-refractivity contribution in [2.75, 3.05) is 26.9 Å². The number of nitrogens with one attached hydrogen (secondary N) is 1. The summed E-state index contributed by atoms with van der Waals surface area (Å²) in [4.78, 5) is 24.9. The highest BCUT2D eigenvalue weighted by molar-refractivity contribution is 6.30. The number of benzene rings is 1. The van der Waals surface area contributed by atoms with Gasteiger partial charge in [0.1, 0.15) is 13.2 Å². The standard InChI is InChI=1S/C18H18ClNO5/c1-10-14(17(21)24-7-6-23-2)15(11-4-3-5-12(19)8-11)16-13(20-10)9-25-18(16)22/h3-5,8,15,20H,6-7,9H2,1-2H3. The van der Waals surface area contributed by atoms with E-state index in [2.05, 4.69) is 5.32 Å². The molecular formula is C18H18ClNO5. The summed E-state index contributed by atoms with van der Waals surface area (Å²) < 4.78 is 15.3. The number of ether oxygens (including phenoxy) is 3. The Kier molecular flexibility index (Phi) is 5.11. The van der Waals surface area contributed by atoms with E-state index in [-0.39, 0.29) is 13.2 Å². The second kappa shape index (κ2) is 7.29. The Labute approximate surface area is 150 Å². The number of methoxy groups -OCH3 is 1. The average molecular weight is 364 g/mol. The molecular weight excluding hydrogens is 346 g/mol. The van der Waals surface area contributed by atoms with Crippen LogP contribution in [0.15, 0.2) is 46.8 Å². The number of carbonyl (C=O) groups is 2. The topological polar surface area (TPSA) is 73.9 Å². The van der Waals surface area contributed by atoms with Crippen LogP contribution >= 0.6 is 11.6 Å². The van der Waals surface area contributed by atoms with Crippen molar-refractivity contribution < 1.29 is 23.8 Å². The molecule has 2 heterocycles. The van der Waals surface area contributed by atoms with Crippen molar-refractivity contribution >= 4 is 23.5 Å². The molecule has 0 saturated carbocycles. The minimum absolute atomic E-state index is 0.130. The fourth-order valence-electron chi connectivity index (χ4n) is 3.05. The average Bonchev–Trinajstić information content (AvgIpc) is 2.94. The molecule has 6 nitrogen and oxygen atoms in total. The van der Waals surface area contributed by atoms with E-state index in [0.717, 1.165) is 5.56 Å². The lowest BCUT2D eigenvalue weighted by atomic mass is 9.81. The van der Waals surface area contributed by atoms with Gasteiger partial charge in [0.05, 0.1) is 29.4 Å². The summed E-state index contributed by atoms with van der Waals surface area (Å²) >= 11 is 6.11. The molecule has 2 aliphatic heterocycles. The summed E-state index contributed by atoms with van der Waals surface area (Å²) in [5, 5.41) is 3.62. The summed E-state index contributed by atoms with van der Waals surface area (Å²) in [6, 6.07) is 7.09. The Morgan fingerprint density at radius 3 is 2.92 bits per heavy atom. The van der Waals surface area contributed by atoms with E-state index in [1.54, 1.807) is 25.1 Å². The molecule has 25 heavy (non-hydrogen) atoms. The van der Waals surface area contributed by atoms with Crippen LogP contribution in [0.4, 0.5) is 0 Å². The molecule has 0 amide bonds. The summed E-state index contributed by atoms with van der Waals surface area (Å²) in [5.41, 5.74) is 2.83. The summed E-state index contributed by atoms with van der Waals surface area (Å²) in [7, 11) is 1.53. The Morgan fingerprint density at radius 1 is 1.40 bits per heavy atom. The van der Waals surface area contributed by atoms with Crippen LogP contribution in [-0.2, 0) is 23.8 Å². The zero-order chi connectivity index (χ0) is 18.0. The van der Waals surface area contributed by atoms with Gasteiger partial charge in [-0.2, -0.15) is 0 Å². The normalized spacial score (nSPS) is 19.5. The molecule has 0 saturated heterocycles. The first-order valence-corrected chi connectivity index (χ1v) is 8.20. The van der Waals surface area contributed by atoms with Crippen molar-refractivity contribution in [1.29, 1.82) is 0 Å². The maximum absolute atomic E-state index is 12.7. The second-order valence-electron chi connectivity index (χ2n) is 5.75. The molecule has 1 aromatic rings. The number of carbonyl (C=O) groups excluding carboxylic acids is 2. The SMILES string of the molecule is COCCOC(=O)C1=C(C)NC2=C(C(=O)OC2)C1c1cccc(Cl)c1. The lowest BCUT2D eigenvalue weighted by Gasteiger charge is -2.27. The predicted molar refractivity (Wildman–Crippen MR) is 90.8 cm³/mol. The Morgan fingerprint density at radius 2 is 2.20 bits per heavy atom. The Balaban J connectivity index is 2.03. The van der Waals surface area contributed by atoms with Crippen LogP contribution in [0, 0.1) is 0 Å². The number of rotatable bonds is 5. The van der Waals surface area contributed by atoms with Crippen molar-refractivity contribution in [1.82, 2.24) is 5.32 Å². The minimum Gasteiger partial charge on any atom is -0.460 e. The van der Waals surface area contributed by atoms with Crippen molar-refractivity contribution in [2.45, 2.75) is 12.8 Å². The van der Waals surface area contributed by atoms with Crippen LogP contribution in [-0.4, -0.2) is 38.9 Å². The summed E-state index contributed by atoms with van der Waals surface area (Å²) in [6.45, 7) is 2.36. The number of allylic oxidation sites excluding steroid dienone is 1. The van der Waals surface area contributed by atoms with Crippen LogP contribution < -0.4 is 5.32 Å². The number of halogens is 1. The first-order chi connectivity index (χ1) is 12.0. The number of esters is 2. The van der Waals surface area contributed by atoms with Crippen molar-refractivity contribution in [3.05, 3.63) is 57.4 Å². The van der Waals surface area contributed by atoms with Gasteiger partial charge in [0, 0.05) is 17.8 Å². The van der Waals surface area contributed by atoms with E-state index >= 15 is 0 Å². The van der Waals surface area contributed by atoms with Crippen LogP contribution in [0.1, 0.15) is 18.4 Å². The first kappa shape index (κ1) is 17.5. The largest absolute Gasteiger partial charge is 0.460 e. The third-order valence-electron chi connectivity index (χ3n) is 4.13. The number of hydrogen-bond acceptors (Lipinski definition) is 6. The molecule has 1 N–H and O–H groups in total. The van der Waals surface area contributed by atoms with Gasteiger partial charge >= 0.3 is 11.9 Å². The van der Waals surface area contributed by atoms with Gasteiger partial charge in [-0.15, -0.1) is 0 Å². The van der Waals surface area contributed by atoms with E-state index in [0.29, 0.717) is 34.2 Å². The van der Waals surface area contributed by atoms with Crippen LogP contribution in [0.5, 0.6) is 0 Å². The monoisotopic (exact) mass is 363 g/mol. The lowest BCUT2D eigenvalue weighted by molar-refractivity contribution is -0.140. The van der Waals surface area contributed by atoms with Gasteiger partial charge in [-0.1, -0.05) is 23.7 Å². The molecule has 0 aliphatic carbocycles. The highest BCUT2D eigenvalue weighted by Gasteiger charge is 2.41. The van der Waals surface area contributed by atoms with E-state index < -0.39 is 17.9 Å². The molecule has 0 radical (unpaired) electrons. The van der Waals surface area contributed by atoms with E-state index in [4.69, 9.17) is 25.8 Å². The van der Waals surface area contributed by atoms with Crippen LogP contribution in [0.2, 0.25) is 5.02 Å². The molecule has 1 aromatic carbocycles. The minimum atomic E-state index is -0.583. The molecule has 0 fully saturated rings. The lowest BCUT2D eigenvalue weighted by Crippen LogP contribution is -2.30. The van der Waals surface area contributed by atoms with Gasteiger partial charge in [0.15, 0.2) is 0 Å². The predicted octanol–water partition coefficient (Wildman–Crippen LogP) is 2.30. The molecule has 0 bridgehead atoms. The molecule has 1 atom stereocenters. The van der Waals surface area contributed by atoms with Gasteiger partial charge in [-0.25, -0.2) is 9.59 Å². The Hall–Kier alpha value is -2.31. The highest BCUT2D eigenvalue weighted by Crippen LogP contribution is 2.41. The molecule has 1 unspecified atom stereocenters. The van der Waals surface area contributed by atoms with E-state index in [1.807, 2.05) is 6.07 Å². The van der Waals surface area contributed by atoms with Crippen LogP contribution in [0.3, 0.4) is 0 Å². The van der Waals surface area contributed by atoms with Gasteiger partial charge in [-0.3, -0.25) is 0 Å². The number of cyclic esters (lactones) is 1. The van der Waals surface area contributed by atoms with Gasteiger partial charge in [0.25, 0.3) is 0 Å². The summed E-state index contributed by atoms with van der Waals surface area (Å²) in [6.07, 6.45) is 0. The van der Waals surface area contributed by atoms with Crippen LogP contribution in [0.25, 0.3) is 0 Å². The first-order valence-electron chi connectivity index (χ1n) is 7.82. The number of dihydropyridines is 1. The zero-order valence-corrected chi connectivity index (χ0v) is 14.7. The highest BCUT2D eigenvalue weighted by atomic mass is 35.5. The Bertz CT molecular complexity index is 783. The fourth-order valence-corrected chi connectivity index (χ4v) is 3.25. The maximum atomic E-state index is 12.7. The fraction of sp³-hybridized carbons (Fsp3) is 0.333. The third kappa shape index (κ3) is 3.41. The van der Waals surface area contributed by atoms with Gasteiger partial charge in [0.2, 0.25) is 0 Å². The zero-order valence-electron chi connectivity index (χ0n) is 13.9. The van der Waals surface area contributed by atoms with E-state index in [1.165, 1.54) is 7.11 Å². The molecule has 0 spiro atoms. The van der Waals surface area contributed by atoms with Gasteiger partial charge < -0.3 is 19.5 Å². The smallest absolute Gasteiger partial charge is 0.337 e. The molecule has 0 aromatic heterocycles. The molecule has 3 rings (SSSR count). The van der Waals surface area contributed by atoms with Crippen molar-refractivity contribution in [2.24, 2.45) is 0 Å². The quantitative estimate of drug-likeness (QED) is 0.639. The van der Waals surface area contributed by atoms with E-state index in [9.17, 15) is 9.59 Å².